The van der Waals surface area contributed by atoms with Gasteiger partial charge in [0.05, 0.1) is 36.6 Å². The third kappa shape index (κ3) is 3.21. The summed E-state index contributed by atoms with van der Waals surface area (Å²) in [5, 5.41) is 3.87. The van der Waals surface area contributed by atoms with Gasteiger partial charge in [-0.3, -0.25) is 9.36 Å². The molecule has 0 aliphatic heterocycles. The molecule has 0 aliphatic carbocycles. The van der Waals surface area contributed by atoms with Crippen molar-refractivity contribution in [3.63, 3.8) is 0 Å². The van der Waals surface area contributed by atoms with E-state index in [1.165, 1.54) is 11.3 Å². The van der Waals surface area contributed by atoms with Gasteiger partial charge in [-0.05, 0) is 42.5 Å². The quantitative estimate of drug-likeness (QED) is 0.529. The van der Waals surface area contributed by atoms with Crippen molar-refractivity contribution in [2.75, 3.05) is 7.11 Å². The summed E-state index contributed by atoms with van der Waals surface area (Å²) in [6, 6.07) is 12.8. The molecule has 0 aliphatic rings. The number of nitrogens with zero attached hydrogens (tertiary/aromatic N) is 3. The fraction of sp³-hybridized carbons (Fsp3) is 0.105. The molecular formula is C19H14ClN3O2S. The van der Waals surface area contributed by atoms with Gasteiger partial charge < -0.3 is 4.74 Å². The van der Waals surface area contributed by atoms with Crippen LogP contribution in [0.2, 0.25) is 5.02 Å². The second-order valence-corrected chi connectivity index (χ2v) is 7.01. The van der Waals surface area contributed by atoms with Gasteiger partial charge in [-0.2, -0.15) is 0 Å². The van der Waals surface area contributed by atoms with Crippen LogP contribution < -0.4 is 10.3 Å². The van der Waals surface area contributed by atoms with Gasteiger partial charge in [-0.25, -0.2) is 9.97 Å². The zero-order valence-electron chi connectivity index (χ0n) is 13.8. The van der Waals surface area contributed by atoms with E-state index >= 15 is 0 Å². The van der Waals surface area contributed by atoms with E-state index in [0.717, 1.165) is 22.0 Å². The molecule has 2 heterocycles. The molecule has 130 valence electrons. The third-order valence-corrected chi connectivity index (χ3v) is 5.18. The number of aromatic nitrogens is 3. The van der Waals surface area contributed by atoms with Crippen molar-refractivity contribution in [1.29, 1.82) is 0 Å². The van der Waals surface area contributed by atoms with E-state index in [1.54, 1.807) is 36.2 Å². The van der Waals surface area contributed by atoms with Crippen molar-refractivity contribution < 1.29 is 4.74 Å². The Hall–Kier alpha value is -2.70. The molecule has 0 spiro atoms. The Morgan fingerprint density at radius 2 is 2.00 bits per heavy atom. The molecule has 4 aromatic rings. The standard InChI is InChI=1S/C19H14ClN3O2S/c1-25-15-5-2-12(3-6-15)18-22-14(10-26-18)9-23-11-21-17-7-4-13(20)8-16(17)19(23)24/h2-8,10-11H,9H2,1H3. The molecule has 0 amide bonds. The second-order valence-electron chi connectivity index (χ2n) is 5.71. The number of rotatable bonds is 4. The summed E-state index contributed by atoms with van der Waals surface area (Å²) in [6.07, 6.45) is 1.55. The number of thiazole rings is 1. The molecule has 4 rings (SSSR count). The van der Waals surface area contributed by atoms with E-state index in [-0.39, 0.29) is 5.56 Å². The second kappa shape index (κ2) is 6.90. The SMILES string of the molecule is COc1ccc(-c2nc(Cn3cnc4ccc(Cl)cc4c3=O)cs2)cc1. The van der Waals surface area contributed by atoms with E-state index in [9.17, 15) is 4.79 Å². The first-order chi connectivity index (χ1) is 12.6. The van der Waals surface area contributed by atoms with Crippen LogP contribution in [0.3, 0.4) is 0 Å². The summed E-state index contributed by atoms with van der Waals surface area (Å²) in [4.78, 5) is 21.6. The first-order valence-electron chi connectivity index (χ1n) is 7.87. The van der Waals surface area contributed by atoms with Crippen LogP contribution in [0, 0.1) is 0 Å². The molecule has 0 N–H and O–H groups in total. The molecule has 0 atom stereocenters. The van der Waals surface area contributed by atoms with Gasteiger partial charge in [0.15, 0.2) is 0 Å². The van der Waals surface area contributed by atoms with Crippen LogP contribution in [0.15, 0.2) is 59.0 Å². The van der Waals surface area contributed by atoms with Crippen LogP contribution in [0.5, 0.6) is 5.75 Å². The molecule has 0 fully saturated rings. The molecule has 0 unspecified atom stereocenters. The van der Waals surface area contributed by atoms with E-state index < -0.39 is 0 Å². The van der Waals surface area contributed by atoms with Crippen molar-refractivity contribution in [3.05, 3.63) is 75.2 Å². The average Bonchev–Trinajstić information content (AvgIpc) is 3.13. The third-order valence-electron chi connectivity index (χ3n) is 4.01. The van der Waals surface area contributed by atoms with Crippen LogP contribution in [0.4, 0.5) is 0 Å². The number of benzene rings is 2. The number of fused-ring (bicyclic) bond motifs is 1. The Kier molecular flexibility index (Phi) is 4.44. The molecule has 7 heteroatoms. The summed E-state index contributed by atoms with van der Waals surface area (Å²) in [5.74, 6) is 0.804. The maximum absolute atomic E-state index is 12.7. The van der Waals surface area contributed by atoms with Crippen molar-refractivity contribution in [1.82, 2.24) is 14.5 Å². The summed E-state index contributed by atoms with van der Waals surface area (Å²) in [5.41, 5.74) is 2.33. The highest BCUT2D eigenvalue weighted by Gasteiger charge is 2.09. The smallest absolute Gasteiger partial charge is 0.261 e. The van der Waals surface area contributed by atoms with Gasteiger partial charge in [0.25, 0.3) is 5.56 Å². The largest absolute Gasteiger partial charge is 0.497 e. The number of ether oxygens (including phenoxy) is 1. The van der Waals surface area contributed by atoms with Gasteiger partial charge in [0.2, 0.25) is 0 Å². The van der Waals surface area contributed by atoms with E-state index in [4.69, 9.17) is 16.3 Å². The van der Waals surface area contributed by atoms with Crippen molar-refractivity contribution in [2.24, 2.45) is 0 Å². The number of halogens is 1. The van der Waals surface area contributed by atoms with E-state index in [1.807, 2.05) is 29.6 Å². The Morgan fingerprint density at radius 3 is 2.77 bits per heavy atom. The monoisotopic (exact) mass is 383 g/mol. The lowest BCUT2D eigenvalue weighted by molar-refractivity contribution is 0.415. The number of hydrogen-bond acceptors (Lipinski definition) is 5. The predicted octanol–water partition coefficient (Wildman–Crippen LogP) is 4.23. The summed E-state index contributed by atoms with van der Waals surface area (Å²) < 4.78 is 6.72. The molecule has 0 radical (unpaired) electrons. The number of hydrogen-bond donors (Lipinski definition) is 0. The summed E-state index contributed by atoms with van der Waals surface area (Å²) in [6.45, 7) is 0.362. The van der Waals surface area contributed by atoms with Gasteiger partial charge in [-0.15, -0.1) is 11.3 Å². The maximum Gasteiger partial charge on any atom is 0.261 e. The molecule has 0 bridgehead atoms. The summed E-state index contributed by atoms with van der Waals surface area (Å²) >= 11 is 7.54. The minimum absolute atomic E-state index is 0.128. The number of methoxy groups -OCH3 is 1. The molecule has 0 saturated heterocycles. The first-order valence-corrected chi connectivity index (χ1v) is 9.13. The molecule has 2 aromatic carbocycles. The van der Waals surface area contributed by atoms with Crippen LogP contribution in [0.1, 0.15) is 5.69 Å². The highest BCUT2D eigenvalue weighted by atomic mass is 35.5. The lowest BCUT2D eigenvalue weighted by Gasteiger charge is -2.05. The van der Waals surface area contributed by atoms with Crippen LogP contribution in [0.25, 0.3) is 21.5 Å². The Morgan fingerprint density at radius 1 is 1.19 bits per heavy atom. The fourth-order valence-corrected chi connectivity index (χ4v) is 3.65. The zero-order valence-corrected chi connectivity index (χ0v) is 15.4. The molecule has 26 heavy (non-hydrogen) atoms. The van der Waals surface area contributed by atoms with E-state index in [2.05, 4.69) is 9.97 Å². The van der Waals surface area contributed by atoms with Crippen LogP contribution >= 0.6 is 22.9 Å². The summed E-state index contributed by atoms with van der Waals surface area (Å²) in [7, 11) is 1.64. The first kappa shape index (κ1) is 16.8. The lowest BCUT2D eigenvalue weighted by atomic mass is 10.2. The predicted molar refractivity (Wildman–Crippen MR) is 104 cm³/mol. The topological polar surface area (TPSA) is 57.0 Å². The van der Waals surface area contributed by atoms with E-state index in [0.29, 0.717) is 22.5 Å². The van der Waals surface area contributed by atoms with Gasteiger partial charge in [-0.1, -0.05) is 11.6 Å². The molecule has 5 nitrogen and oxygen atoms in total. The minimum Gasteiger partial charge on any atom is -0.497 e. The fourth-order valence-electron chi connectivity index (χ4n) is 2.66. The average molecular weight is 384 g/mol. The van der Waals surface area contributed by atoms with Crippen molar-refractivity contribution in [2.45, 2.75) is 6.54 Å². The van der Waals surface area contributed by atoms with Crippen LogP contribution in [-0.2, 0) is 6.54 Å². The lowest BCUT2D eigenvalue weighted by Crippen LogP contribution is -2.21. The van der Waals surface area contributed by atoms with Gasteiger partial charge in [0.1, 0.15) is 10.8 Å². The molecular weight excluding hydrogens is 370 g/mol. The van der Waals surface area contributed by atoms with Crippen LogP contribution in [-0.4, -0.2) is 21.6 Å². The molecule has 2 aromatic heterocycles. The van der Waals surface area contributed by atoms with Crippen molar-refractivity contribution in [3.8, 4) is 16.3 Å². The van der Waals surface area contributed by atoms with Gasteiger partial charge >= 0.3 is 0 Å². The maximum atomic E-state index is 12.7. The Labute approximate surface area is 158 Å². The highest BCUT2D eigenvalue weighted by molar-refractivity contribution is 7.13. The minimum atomic E-state index is -0.128. The Bertz CT molecular complexity index is 1140. The normalized spacial score (nSPS) is 11.0. The molecule has 0 saturated carbocycles. The zero-order chi connectivity index (χ0) is 18.1. The Balaban J connectivity index is 1.64. The highest BCUT2D eigenvalue weighted by Crippen LogP contribution is 2.26. The van der Waals surface area contributed by atoms with Crippen molar-refractivity contribution >= 4 is 33.8 Å². The van der Waals surface area contributed by atoms with Gasteiger partial charge in [0, 0.05) is 16.0 Å².